The van der Waals surface area contributed by atoms with Gasteiger partial charge in [0, 0.05) is 23.9 Å². The molecule has 0 aliphatic carbocycles. The van der Waals surface area contributed by atoms with E-state index >= 15 is 0 Å². The molecular formula is C15H16N2O2. The third kappa shape index (κ3) is 2.14. The maximum absolute atomic E-state index is 11.3. The number of benzene rings is 1. The van der Waals surface area contributed by atoms with Gasteiger partial charge in [-0.15, -0.1) is 0 Å². The monoisotopic (exact) mass is 256 g/mol. The van der Waals surface area contributed by atoms with E-state index < -0.39 is 0 Å². The number of nitrogens with one attached hydrogen (secondary N) is 1. The topological polar surface area (TPSA) is 54.4 Å². The van der Waals surface area contributed by atoms with Crippen molar-refractivity contribution >= 4 is 22.6 Å². The third-order valence-corrected chi connectivity index (χ3v) is 3.56. The number of esters is 1. The molecule has 1 aromatic heterocycles. The smallest absolute Gasteiger partial charge is 0.305 e. The molecule has 1 aliphatic heterocycles. The number of para-hydroxylation sites is 1. The van der Waals surface area contributed by atoms with E-state index in [9.17, 15) is 4.79 Å². The molecule has 98 valence electrons. The lowest BCUT2D eigenvalue weighted by atomic mass is 10.00. The molecule has 4 heteroatoms. The maximum Gasteiger partial charge on any atom is 0.305 e. The number of aromatic nitrogens is 1. The summed E-state index contributed by atoms with van der Waals surface area (Å²) < 4.78 is 4.68. The van der Waals surface area contributed by atoms with Gasteiger partial charge in [-0.2, -0.15) is 0 Å². The van der Waals surface area contributed by atoms with Crippen molar-refractivity contribution in [1.29, 1.82) is 0 Å². The Balaban J connectivity index is 1.93. The van der Waals surface area contributed by atoms with Crippen LogP contribution >= 0.6 is 0 Å². The van der Waals surface area contributed by atoms with Gasteiger partial charge in [0.15, 0.2) is 0 Å². The maximum atomic E-state index is 11.3. The van der Waals surface area contributed by atoms with Crippen LogP contribution in [-0.2, 0) is 16.0 Å². The first-order valence-corrected chi connectivity index (χ1v) is 6.49. The Morgan fingerprint density at radius 2 is 2.26 bits per heavy atom. The standard InChI is InChI=1S/C15H16N2O2/c1-19-14(18)7-6-13-15-11(8-9-16-13)10-4-2-3-5-12(10)17-15/h2-5,17H,6-9H2,1H3. The Labute approximate surface area is 111 Å². The molecule has 2 heterocycles. The first kappa shape index (κ1) is 12.0. The van der Waals surface area contributed by atoms with Gasteiger partial charge in [-0.05, 0) is 18.1 Å². The minimum Gasteiger partial charge on any atom is -0.469 e. The van der Waals surface area contributed by atoms with Gasteiger partial charge in [-0.1, -0.05) is 18.2 Å². The fourth-order valence-electron chi connectivity index (χ4n) is 2.61. The molecule has 1 aliphatic rings. The number of H-pyrrole nitrogens is 1. The van der Waals surface area contributed by atoms with Crippen LogP contribution in [0.5, 0.6) is 0 Å². The Hall–Kier alpha value is -2.10. The molecule has 0 saturated heterocycles. The molecule has 1 aromatic carbocycles. The molecule has 1 N–H and O–H groups in total. The van der Waals surface area contributed by atoms with Crippen molar-refractivity contribution in [3.63, 3.8) is 0 Å². The summed E-state index contributed by atoms with van der Waals surface area (Å²) >= 11 is 0. The molecule has 0 unspecified atom stereocenters. The van der Waals surface area contributed by atoms with Gasteiger partial charge < -0.3 is 9.72 Å². The highest BCUT2D eigenvalue weighted by atomic mass is 16.5. The lowest BCUT2D eigenvalue weighted by Gasteiger charge is -2.12. The fraction of sp³-hybridized carbons (Fsp3) is 0.333. The molecule has 0 saturated carbocycles. The van der Waals surface area contributed by atoms with Crippen LogP contribution in [-0.4, -0.2) is 30.3 Å². The molecule has 0 amide bonds. The Morgan fingerprint density at radius 3 is 3.11 bits per heavy atom. The van der Waals surface area contributed by atoms with Crippen molar-refractivity contribution in [2.24, 2.45) is 4.99 Å². The number of hydrogen-bond donors (Lipinski definition) is 1. The van der Waals surface area contributed by atoms with Crippen molar-refractivity contribution in [1.82, 2.24) is 4.98 Å². The van der Waals surface area contributed by atoms with E-state index in [1.165, 1.54) is 18.1 Å². The summed E-state index contributed by atoms with van der Waals surface area (Å²) in [7, 11) is 1.42. The number of aromatic amines is 1. The molecule has 2 aromatic rings. The van der Waals surface area contributed by atoms with Gasteiger partial charge in [0.05, 0.1) is 24.9 Å². The SMILES string of the molecule is COC(=O)CCC1=NCCc2c1[nH]c1ccccc21. The summed E-state index contributed by atoms with van der Waals surface area (Å²) in [5.74, 6) is -0.189. The second-order valence-corrected chi connectivity index (χ2v) is 4.68. The normalized spacial score (nSPS) is 14.1. The number of methoxy groups -OCH3 is 1. The summed E-state index contributed by atoms with van der Waals surface area (Å²) in [6.07, 6.45) is 1.97. The Morgan fingerprint density at radius 1 is 1.42 bits per heavy atom. The second-order valence-electron chi connectivity index (χ2n) is 4.68. The predicted octanol–water partition coefficient (Wildman–Crippen LogP) is 2.47. The van der Waals surface area contributed by atoms with Gasteiger partial charge in [0.25, 0.3) is 0 Å². The highest BCUT2D eigenvalue weighted by Crippen LogP contribution is 2.27. The van der Waals surface area contributed by atoms with Crippen molar-refractivity contribution in [2.75, 3.05) is 13.7 Å². The first-order valence-electron chi connectivity index (χ1n) is 6.49. The molecule has 4 nitrogen and oxygen atoms in total. The molecular weight excluding hydrogens is 240 g/mol. The van der Waals surface area contributed by atoms with Crippen molar-refractivity contribution in [2.45, 2.75) is 19.3 Å². The van der Waals surface area contributed by atoms with Gasteiger partial charge in [0.2, 0.25) is 0 Å². The summed E-state index contributed by atoms with van der Waals surface area (Å²) in [5, 5.41) is 1.27. The number of carbonyl (C=O) groups excluding carboxylic acids is 1. The van der Waals surface area contributed by atoms with Crippen LogP contribution < -0.4 is 0 Å². The first-order chi connectivity index (χ1) is 9.29. The van der Waals surface area contributed by atoms with Crippen LogP contribution in [0.25, 0.3) is 10.9 Å². The minimum absolute atomic E-state index is 0.189. The van der Waals surface area contributed by atoms with E-state index in [1.54, 1.807) is 0 Å². The number of ether oxygens (including phenoxy) is 1. The molecule has 0 atom stereocenters. The fourth-order valence-corrected chi connectivity index (χ4v) is 2.61. The van der Waals surface area contributed by atoms with E-state index in [-0.39, 0.29) is 5.97 Å². The molecule has 0 spiro atoms. The number of aliphatic imine (C=N–C) groups is 1. The number of nitrogens with zero attached hydrogens (tertiary/aromatic N) is 1. The molecule has 0 radical (unpaired) electrons. The number of hydrogen-bond acceptors (Lipinski definition) is 3. The van der Waals surface area contributed by atoms with Crippen LogP contribution in [0, 0.1) is 0 Å². The Kier molecular flexibility index (Phi) is 3.07. The summed E-state index contributed by atoms with van der Waals surface area (Å²) in [6.45, 7) is 0.797. The van der Waals surface area contributed by atoms with E-state index in [0.717, 1.165) is 29.9 Å². The zero-order valence-electron chi connectivity index (χ0n) is 10.9. The van der Waals surface area contributed by atoms with Crippen LogP contribution in [0.15, 0.2) is 29.3 Å². The molecule has 19 heavy (non-hydrogen) atoms. The van der Waals surface area contributed by atoms with Gasteiger partial charge in [0.1, 0.15) is 0 Å². The van der Waals surface area contributed by atoms with E-state index in [1.807, 2.05) is 6.07 Å². The largest absolute Gasteiger partial charge is 0.469 e. The third-order valence-electron chi connectivity index (χ3n) is 3.56. The van der Waals surface area contributed by atoms with Crippen molar-refractivity contribution in [3.05, 3.63) is 35.5 Å². The number of carbonyl (C=O) groups is 1. The zero-order valence-corrected chi connectivity index (χ0v) is 10.9. The average Bonchev–Trinajstić information content (AvgIpc) is 2.84. The van der Waals surface area contributed by atoms with Crippen molar-refractivity contribution in [3.8, 4) is 0 Å². The average molecular weight is 256 g/mol. The van der Waals surface area contributed by atoms with Gasteiger partial charge >= 0.3 is 5.97 Å². The van der Waals surface area contributed by atoms with E-state index in [4.69, 9.17) is 0 Å². The van der Waals surface area contributed by atoms with Gasteiger partial charge in [-0.3, -0.25) is 9.79 Å². The molecule has 3 rings (SSSR count). The predicted molar refractivity (Wildman–Crippen MR) is 74.7 cm³/mol. The van der Waals surface area contributed by atoms with Crippen LogP contribution in [0.4, 0.5) is 0 Å². The molecule has 0 bridgehead atoms. The van der Waals surface area contributed by atoms with Crippen molar-refractivity contribution < 1.29 is 9.53 Å². The van der Waals surface area contributed by atoms with E-state index in [0.29, 0.717) is 12.8 Å². The summed E-state index contributed by atoms with van der Waals surface area (Å²) in [6, 6.07) is 8.28. The second kappa shape index (κ2) is 4.88. The quantitative estimate of drug-likeness (QED) is 0.858. The lowest BCUT2D eigenvalue weighted by Crippen LogP contribution is -2.14. The highest BCUT2D eigenvalue weighted by Gasteiger charge is 2.19. The van der Waals surface area contributed by atoms with E-state index in [2.05, 4.69) is 32.9 Å². The minimum atomic E-state index is -0.189. The van der Waals surface area contributed by atoms with Crippen LogP contribution in [0.2, 0.25) is 0 Å². The lowest BCUT2D eigenvalue weighted by molar-refractivity contribution is -0.140. The number of rotatable bonds is 3. The van der Waals surface area contributed by atoms with Crippen LogP contribution in [0.3, 0.4) is 0 Å². The highest BCUT2D eigenvalue weighted by molar-refractivity contribution is 6.06. The Bertz CT molecular complexity index is 655. The summed E-state index contributed by atoms with van der Waals surface area (Å²) in [5.41, 5.74) is 4.55. The zero-order chi connectivity index (χ0) is 13.2. The molecule has 0 fully saturated rings. The van der Waals surface area contributed by atoms with Gasteiger partial charge in [-0.25, -0.2) is 0 Å². The van der Waals surface area contributed by atoms with Crippen LogP contribution in [0.1, 0.15) is 24.1 Å². The number of fused-ring (bicyclic) bond motifs is 3. The summed E-state index contributed by atoms with van der Waals surface area (Å²) in [4.78, 5) is 19.2.